The Balaban J connectivity index is 1.82. The molecule has 0 atom stereocenters. The van der Waals surface area contributed by atoms with Gasteiger partial charge in [0.05, 0.1) is 12.2 Å². The second-order valence-corrected chi connectivity index (χ2v) is 9.75. The fourth-order valence-corrected chi connectivity index (χ4v) is 4.63. The number of ether oxygens (including phenoxy) is 1. The molecule has 3 nitrogen and oxygen atoms in total. The highest BCUT2D eigenvalue weighted by Crippen LogP contribution is 2.47. The minimum Gasteiger partial charge on any atom is -0.462 e. The van der Waals surface area contributed by atoms with Crippen molar-refractivity contribution in [1.82, 2.24) is 0 Å². The van der Waals surface area contributed by atoms with Crippen molar-refractivity contribution in [2.75, 3.05) is 12.3 Å². The van der Waals surface area contributed by atoms with E-state index < -0.39 is 0 Å². The zero-order chi connectivity index (χ0) is 21.7. The summed E-state index contributed by atoms with van der Waals surface area (Å²) in [6.07, 6.45) is 2.37. The van der Waals surface area contributed by atoms with E-state index in [0.717, 1.165) is 22.2 Å². The molecule has 1 aliphatic carbocycles. The lowest BCUT2D eigenvalue weighted by Crippen LogP contribution is -2.33. The van der Waals surface area contributed by atoms with E-state index in [1.54, 1.807) is 0 Å². The van der Waals surface area contributed by atoms with Crippen molar-refractivity contribution < 1.29 is 9.53 Å². The molecule has 3 aromatic carbocycles. The molecule has 1 aliphatic rings. The number of carbonyl (C=O) groups excluding carboxylic acids is 1. The molecular weight excluding hydrogens is 370 g/mol. The van der Waals surface area contributed by atoms with Crippen LogP contribution in [0.2, 0.25) is 0 Å². The average molecular weight is 402 g/mol. The largest absolute Gasteiger partial charge is 0.462 e. The van der Waals surface area contributed by atoms with Gasteiger partial charge < -0.3 is 10.5 Å². The van der Waals surface area contributed by atoms with Crippen LogP contribution in [0.25, 0.3) is 21.9 Å². The van der Waals surface area contributed by atoms with E-state index >= 15 is 0 Å². The van der Waals surface area contributed by atoms with Gasteiger partial charge in [-0.15, -0.1) is 0 Å². The molecule has 0 amide bonds. The predicted molar refractivity (Wildman–Crippen MR) is 125 cm³/mol. The monoisotopic (exact) mass is 401 g/mol. The van der Waals surface area contributed by atoms with Gasteiger partial charge in [-0.25, -0.2) is 4.79 Å². The summed E-state index contributed by atoms with van der Waals surface area (Å²) in [5.41, 5.74) is 13.1. The molecule has 0 aliphatic heterocycles. The molecule has 3 heteroatoms. The van der Waals surface area contributed by atoms with E-state index in [4.69, 9.17) is 10.5 Å². The Morgan fingerprint density at radius 1 is 0.900 bits per heavy atom. The van der Waals surface area contributed by atoms with Gasteiger partial charge in [0.2, 0.25) is 0 Å². The first kappa shape index (κ1) is 20.5. The number of esters is 1. The number of benzene rings is 3. The van der Waals surface area contributed by atoms with Gasteiger partial charge in [-0.2, -0.15) is 0 Å². The zero-order valence-corrected chi connectivity index (χ0v) is 18.6. The van der Waals surface area contributed by atoms with Crippen LogP contribution < -0.4 is 5.73 Å². The van der Waals surface area contributed by atoms with Gasteiger partial charge in [0.15, 0.2) is 0 Å². The average Bonchev–Trinajstić information content (AvgIpc) is 2.71. The molecule has 2 N–H and O–H groups in total. The van der Waals surface area contributed by atoms with E-state index in [2.05, 4.69) is 45.9 Å². The van der Waals surface area contributed by atoms with E-state index in [1.165, 1.54) is 29.4 Å². The van der Waals surface area contributed by atoms with Gasteiger partial charge in [0, 0.05) is 11.1 Å². The zero-order valence-electron chi connectivity index (χ0n) is 18.6. The highest BCUT2D eigenvalue weighted by molar-refractivity contribution is 5.98. The predicted octanol–water partition coefficient (Wildman–Crippen LogP) is 6.61. The number of hydrogen-bond acceptors (Lipinski definition) is 3. The number of fused-ring (bicyclic) bond motifs is 2. The highest BCUT2D eigenvalue weighted by Gasteiger charge is 2.37. The minimum absolute atomic E-state index is 0.158. The lowest BCUT2D eigenvalue weighted by Gasteiger charge is -2.42. The molecule has 0 heterocycles. The van der Waals surface area contributed by atoms with Crippen LogP contribution in [0.15, 0.2) is 48.5 Å². The maximum Gasteiger partial charge on any atom is 0.338 e. The first-order chi connectivity index (χ1) is 14.1. The van der Waals surface area contributed by atoms with Crippen LogP contribution in [0, 0.1) is 0 Å². The van der Waals surface area contributed by atoms with Crippen LogP contribution in [0.4, 0.5) is 5.69 Å². The minimum atomic E-state index is -0.293. The van der Waals surface area contributed by atoms with E-state index in [9.17, 15) is 4.79 Å². The fourth-order valence-electron chi connectivity index (χ4n) is 4.63. The van der Waals surface area contributed by atoms with Gasteiger partial charge in [0.25, 0.3) is 0 Å². The summed E-state index contributed by atoms with van der Waals surface area (Å²) in [5, 5.41) is 2.29. The number of nitrogens with two attached hydrogens (primary N) is 1. The van der Waals surface area contributed by atoms with E-state index in [1.807, 2.05) is 37.3 Å². The normalized spacial score (nSPS) is 16.8. The third-order valence-electron chi connectivity index (χ3n) is 6.69. The third-order valence-corrected chi connectivity index (χ3v) is 6.69. The van der Waals surface area contributed by atoms with Gasteiger partial charge in [-0.1, -0.05) is 45.9 Å². The van der Waals surface area contributed by atoms with Crippen LogP contribution in [0.1, 0.15) is 68.9 Å². The van der Waals surface area contributed by atoms with E-state index in [0.29, 0.717) is 12.2 Å². The van der Waals surface area contributed by atoms with Crippen LogP contribution in [-0.2, 0) is 15.6 Å². The second-order valence-electron chi connectivity index (χ2n) is 9.75. The molecule has 0 saturated carbocycles. The molecule has 0 fully saturated rings. The summed E-state index contributed by atoms with van der Waals surface area (Å²) >= 11 is 0. The molecular formula is C27H31NO2. The first-order valence-electron chi connectivity index (χ1n) is 10.8. The summed E-state index contributed by atoms with van der Waals surface area (Å²) < 4.78 is 5.08. The molecule has 0 radical (unpaired) electrons. The van der Waals surface area contributed by atoms with Crippen molar-refractivity contribution in [2.24, 2.45) is 0 Å². The van der Waals surface area contributed by atoms with Crippen molar-refractivity contribution >= 4 is 22.4 Å². The Labute approximate surface area is 179 Å². The Morgan fingerprint density at radius 3 is 2.10 bits per heavy atom. The molecule has 3 aromatic rings. The maximum absolute atomic E-state index is 11.9. The van der Waals surface area contributed by atoms with Crippen molar-refractivity contribution in [3.63, 3.8) is 0 Å². The molecule has 4 rings (SSSR count). The molecule has 0 unspecified atom stereocenters. The Bertz CT molecular complexity index is 1120. The summed E-state index contributed by atoms with van der Waals surface area (Å²) in [4.78, 5) is 11.9. The molecule has 0 spiro atoms. The van der Waals surface area contributed by atoms with Gasteiger partial charge in [-0.05, 0) is 88.6 Å². The second kappa shape index (κ2) is 7.16. The number of anilines is 1. The van der Waals surface area contributed by atoms with Gasteiger partial charge >= 0.3 is 5.97 Å². The Kier molecular flexibility index (Phi) is 4.88. The third kappa shape index (κ3) is 3.47. The van der Waals surface area contributed by atoms with E-state index in [-0.39, 0.29) is 16.8 Å². The van der Waals surface area contributed by atoms with Gasteiger partial charge in [-0.3, -0.25) is 0 Å². The number of carbonyl (C=O) groups is 1. The van der Waals surface area contributed by atoms with Crippen LogP contribution >= 0.6 is 0 Å². The molecule has 0 saturated heterocycles. The fraction of sp³-hybridized carbons (Fsp3) is 0.370. The van der Waals surface area contributed by atoms with Crippen molar-refractivity contribution in [3.05, 3.63) is 65.2 Å². The Morgan fingerprint density at radius 2 is 1.50 bits per heavy atom. The smallest absolute Gasteiger partial charge is 0.338 e. The number of rotatable bonds is 3. The van der Waals surface area contributed by atoms with Crippen LogP contribution in [-0.4, -0.2) is 12.6 Å². The SMILES string of the molecule is CCOC(=O)c1ccc(-c2cc(N)c3cc4c(cc3c2)C(C)(C)CCC4(C)C)cc1. The number of hydrogen-bond donors (Lipinski definition) is 1. The summed E-state index contributed by atoms with van der Waals surface area (Å²) in [6.45, 7) is 11.5. The summed E-state index contributed by atoms with van der Waals surface area (Å²) in [6, 6.07) is 16.4. The lowest BCUT2D eigenvalue weighted by molar-refractivity contribution is 0.0526. The lowest BCUT2D eigenvalue weighted by atomic mass is 9.62. The topological polar surface area (TPSA) is 52.3 Å². The van der Waals surface area contributed by atoms with Gasteiger partial charge in [0.1, 0.15) is 0 Å². The van der Waals surface area contributed by atoms with Crippen molar-refractivity contribution in [1.29, 1.82) is 0 Å². The highest BCUT2D eigenvalue weighted by atomic mass is 16.5. The maximum atomic E-state index is 11.9. The molecule has 0 bridgehead atoms. The quantitative estimate of drug-likeness (QED) is 0.396. The molecule has 30 heavy (non-hydrogen) atoms. The first-order valence-corrected chi connectivity index (χ1v) is 10.8. The summed E-state index contributed by atoms with van der Waals surface area (Å²) in [5.74, 6) is -0.293. The Hall–Kier alpha value is -2.81. The molecule has 156 valence electrons. The van der Waals surface area contributed by atoms with Crippen molar-refractivity contribution in [3.8, 4) is 11.1 Å². The standard InChI is InChI=1S/C27H31NO2/c1-6-30-25(29)18-9-7-17(8-10-18)19-13-20-14-22-23(16-21(20)24(28)15-19)27(4,5)12-11-26(22,2)3/h7-10,13-16H,6,11-12,28H2,1-5H3. The van der Waals surface area contributed by atoms with Crippen LogP contribution in [0.3, 0.4) is 0 Å². The van der Waals surface area contributed by atoms with Crippen molar-refractivity contribution in [2.45, 2.75) is 58.3 Å². The van der Waals surface area contributed by atoms with Crippen LogP contribution in [0.5, 0.6) is 0 Å². The molecule has 0 aromatic heterocycles. The summed E-state index contributed by atoms with van der Waals surface area (Å²) in [7, 11) is 0. The number of nitrogen functional groups attached to an aromatic ring is 1.